The van der Waals surface area contributed by atoms with Crippen LogP contribution in [0.15, 0.2) is 18.2 Å². The number of piperidine rings is 1. The van der Waals surface area contributed by atoms with Crippen molar-refractivity contribution in [3.05, 3.63) is 35.1 Å². The Kier molecular flexibility index (Phi) is 5.31. The molecule has 3 rings (SSSR count). The highest BCUT2D eigenvalue weighted by molar-refractivity contribution is 5.95. The largest absolute Gasteiger partial charge is 0.336 e. The lowest BCUT2D eigenvalue weighted by Gasteiger charge is -2.37. The SMILES string of the molecule is Cc1ccc(F)cc1C(=O)N1CCCC[C@@H]1CCN1CCCC1. The average molecular weight is 318 g/mol. The van der Waals surface area contributed by atoms with E-state index < -0.39 is 0 Å². The summed E-state index contributed by atoms with van der Waals surface area (Å²) < 4.78 is 13.5. The lowest BCUT2D eigenvalue weighted by molar-refractivity contribution is 0.0586. The van der Waals surface area contributed by atoms with Gasteiger partial charge in [0.05, 0.1) is 0 Å². The zero-order valence-corrected chi connectivity index (χ0v) is 14.1. The number of amides is 1. The fraction of sp³-hybridized carbons (Fsp3) is 0.632. The number of aryl methyl sites for hydroxylation is 1. The molecule has 2 heterocycles. The van der Waals surface area contributed by atoms with Crippen molar-refractivity contribution in [2.24, 2.45) is 0 Å². The van der Waals surface area contributed by atoms with Gasteiger partial charge in [-0.3, -0.25) is 4.79 Å². The van der Waals surface area contributed by atoms with Gasteiger partial charge in [0.15, 0.2) is 0 Å². The molecule has 3 nitrogen and oxygen atoms in total. The maximum absolute atomic E-state index is 13.5. The van der Waals surface area contributed by atoms with Crippen LogP contribution in [0.5, 0.6) is 0 Å². The molecule has 4 heteroatoms. The molecule has 1 atom stereocenters. The van der Waals surface area contributed by atoms with Gasteiger partial charge in [0, 0.05) is 24.7 Å². The quantitative estimate of drug-likeness (QED) is 0.846. The molecular weight excluding hydrogens is 291 g/mol. The Morgan fingerprint density at radius 1 is 1.17 bits per heavy atom. The fourth-order valence-corrected chi connectivity index (χ4v) is 3.89. The van der Waals surface area contributed by atoms with Gasteiger partial charge in [0.1, 0.15) is 5.82 Å². The van der Waals surface area contributed by atoms with Gasteiger partial charge in [-0.25, -0.2) is 4.39 Å². The molecule has 1 aromatic carbocycles. The van der Waals surface area contributed by atoms with Crippen molar-refractivity contribution < 1.29 is 9.18 Å². The smallest absolute Gasteiger partial charge is 0.254 e. The summed E-state index contributed by atoms with van der Waals surface area (Å²) in [5.41, 5.74) is 1.39. The second-order valence-electron chi connectivity index (χ2n) is 6.94. The normalized spacial score (nSPS) is 22.5. The third-order valence-corrected chi connectivity index (χ3v) is 5.30. The summed E-state index contributed by atoms with van der Waals surface area (Å²) in [6.07, 6.45) is 6.97. The molecule has 1 amide bonds. The van der Waals surface area contributed by atoms with Gasteiger partial charge in [0.25, 0.3) is 5.91 Å². The minimum Gasteiger partial charge on any atom is -0.336 e. The lowest BCUT2D eigenvalue weighted by atomic mass is 9.97. The van der Waals surface area contributed by atoms with E-state index in [1.165, 1.54) is 44.5 Å². The van der Waals surface area contributed by atoms with Crippen LogP contribution in [0.1, 0.15) is 54.4 Å². The molecule has 0 aliphatic carbocycles. The highest BCUT2D eigenvalue weighted by Crippen LogP contribution is 2.24. The van der Waals surface area contributed by atoms with E-state index in [2.05, 4.69) is 4.90 Å². The molecule has 2 saturated heterocycles. The van der Waals surface area contributed by atoms with Crippen LogP contribution in [0.25, 0.3) is 0 Å². The third kappa shape index (κ3) is 3.92. The maximum Gasteiger partial charge on any atom is 0.254 e. The zero-order chi connectivity index (χ0) is 16.2. The Morgan fingerprint density at radius 2 is 1.91 bits per heavy atom. The summed E-state index contributed by atoms with van der Waals surface area (Å²) in [5.74, 6) is -0.322. The van der Waals surface area contributed by atoms with Crippen molar-refractivity contribution in [1.29, 1.82) is 0 Å². The predicted molar refractivity (Wildman–Crippen MR) is 90.1 cm³/mol. The number of likely N-dealkylation sites (tertiary alicyclic amines) is 2. The first-order valence-corrected chi connectivity index (χ1v) is 8.94. The van der Waals surface area contributed by atoms with Gasteiger partial charge in [0.2, 0.25) is 0 Å². The molecule has 126 valence electrons. The Balaban J connectivity index is 1.69. The van der Waals surface area contributed by atoms with Gasteiger partial charge >= 0.3 is 0 Å². The number of halogens is 1. The van der Waals surface area contributed by atoms with Crippen molar-refractivity contribution in [2.45, 2.75) is 51.5 Å². The summed E-state index contributed by atoms with van der Waals surface area (Å²) in [6, 6.07) is 4.82. The molecule has 23 heavy (non-hydrogen) atoms. The Morgan fingerprint density at radius 3 is 2.70 bits per heavy atom. The van der Waals surface area contributed by atoms with Gasteiger partial charge < -0.3 is 9.80 Å². The molecule has 0 N–H and O–H groups in total. The third-order valence-electron chi connectivity index (χ3n) is 5.30. The predicted octanol–water partition coefficient (Wildman–Crippen LogP) is 3.61. The minimum absolute atomic E-state index is 0.00752. The van der Waals surface area contributed by atoms with Gasteiger partial charge in [-0.2, -0.15) is 0 Å². The number of hydrogen-bond donors (Lipinski definition) is 0. The maximum atomic E-state index is 13.5. The average Bonchev–Trinajstić information content (AvgIpc) is 3.08. The highest BCUT2D eigenvalue weighted by atomic mass is 19.1. The van der Waals surface area contributed by atoms with E-state index in [9.17, 15) is 9.18 Å². The van der Waals surface area contributed by atoms with Crippen LogP contribution < -0.4 is 0 Å². The van der Waals surface area contributed by atoms with Crippen LogP contribution in [0.2, 0.25) is 0 Å². The molecule has 0 spiro atoms. The first kappa shape index (κ1) is 16.4. The topological polar surface area (TPSA) is 23.6 Å². The summed E-state index contributed by atoms with van der Waals surface area (Å²) in [7, 11) is 0. The van der Waals surface area contributed by atoms with Crippen molar-refractivity contribution >= 4 is 5.91 Å². The standard InChI is InChI=1S/C19H27FN2O/c1-15-7-8-16(20)14-18(15)19(23)22-12-3-2-6-17(22)9-13-21-10-4-5-11-21/h7-8,14,17H,2-6,9-13H2,1H3/t17-/m1/s1. The number of rotatable bonds is 4. The number of benzene rings is 1. The number of hydrogen-bond acceptors (Lipinski definition) is 2. The molecule has 0 bridgehead atoms. The number of carbonyl (C=O) groups excluding carboxylic acids is 1. The monoisotopic (exact) mass is 318 g/mol. The summed E-state index contributed by atoms with van der Waals surface area (Å²) >= 11 is 0. The van der Waals surface area contributed by atoms with E-state index in [1.54, 1.807) is 6.07 Å². The Bertz CT molecular complexity index is 554. The van der Waals surface area contributed by atoms with Crippen molar-refractivity contribution in [1.82, 2.24) is 9.80 Å². The first-order valence-electron chi connectivity index (χ1n) is 8.94. The zero-order valence-electron chi connectivity index (χ0n) is 14.1. The van der Waals surface area contributed by atoms with Crippen molar-refractivity contribution in [2.75, 3.05) is 26.2 Å². The van der Waals surface area contributed by atoms with Crippen LogP contribution in [0, 0.1) is 12.7 Å². The molecule has 1 aromatic rings. The molecule has 0 unspecified atom stereocenters. The number of nitrogens with zero attached hydrogens (tertiary/aromatic N) is 2. The molecule has 2 aliphatic heterocycles. The Labute approximate surface area is 138 Å². The summed E-state index contributed by atoms with van der Waals surface area (Å²) in [4.78, 5) is 17.4. The van der Waals surface area contributed by atoms with Crippen LogP contribution in [-0.4, -0.2) is 47.9 Å². The first-order chi connectivity index (χ1) is 11.1. The lowest BCUT2D eigenvalue weighted by Crippen LogP contribution is -2.45. The van der Waals surface area contributed by atoms with E-state index in [4.69, 9.17) is 0 Å². The van der Waals surface area contributed by atoms with Gasteiger partial charge in [-0.1, -0.05) is 6.07 Å². The number of carbonyl (C=O) groups is 1. The fourth-order valence-electron chi connectivity index (χ4n) is 3.89. The molecular formula is C19H27FN2O. The van der Waals surface area contributed by atoms with Crippen LogP contribution >= 0.6 is 0 Å². The molecule has 0 aromatic heterocycles. The molecule has 2 aliphatic rings. The highest BCUT2D eigenvalue weighted by Gasteiger charge is 2.28. The van der Waals surface area contributed by atoms with E-state index in [-0.39, 0.29) is 11.7 Å². The van der Waals surface area contributed by atoms with Crippen LogP contribution in [0.3, 0.4) is 0 Å². The van der Waals surface area contributed by atoms with Crippen LogP contribution in [-0.2, 0) is 0 Å². The molecule has 0 saturated carbocycles. The van der Waals surface area contributed by atoms with E-state index >= 15 is 0 Å². The van der Waals surface area contributed by atoms with Crippen molar-refractivity contribution in [3.8, 4) is 0 Å². The second kappa shape index (κ2) is 7.43. The van der Waals surface area contributed by atoms with Gasteiger partial charge in [-0.15, -0.1) is 0 Å². The second-order valence-corrected chi connectivity index (χ2v) is 6.94. The van der Waals surface area contributed by atoms with Gasteiger partial charge in [-0.05, 0) is 76.2 Å². The molecule has 0 radical (unpaired) electrons. The Hall–Kier alpha value is -1.42. The van der Waals surface area contributed by atoms with Crippen LogP contribution in [0.4, 0.5) is 4.39 Å². The summed E-state index contributed by atoms with van der Waals surface area (Å²) in [6.45, 7) is 6.17. The summed E-state index contributed by atoms with van der Waals surface area (Å²) in [5, 5.41) is 0. The van der Waals surface area contributed by atoms with E-state index in [0.29, 0.717) is 11.6 Å². The van der Waals surface area contributed by atoms with E-state index in [1.807, 2.05) is 11.8 Å². The van der Waals surface area contributed by atoms with Crippen molar-refractivity contribution in [3.63, 3.8) is 0 Å². The minimum atomic E-state index is -0.329. The van der Waals surface area contributed by atoms with E-state index in [0.717, 1.165) is 37.9 Å². The molecule has 2 fully saturated rings.